The van der Waals surface area contributed by atoms with Gasteiger partial charge in [-0.05, 0) is 69.1 Å². The quantitative estimate of drug-likeness (QED) is 0.366. The number of alkyl halides is 1. The molecule has 4 fully saturated rings. The van der Waals surface area contributed by atoms with Gasteiger partial charge in [0.2, 0.25) is 0 Å². The number of fused-ring (bicyclic) bond motifs is 1. The summed E-state index contributed by atoms with van der Waals surface area (Å²) in [6.07, 6.45) is 7.52. The van der Waals surface area contributed by atoms with Gasteiger partial charge in [0.1, 0.15) is 5.56 Å². The molecule has 2 heterocycles. The molecule has 4 saturated carbocycles. The Labute approximate surface area is 213 Å². The first kappa shape index (κ1) is 25.4. The Morgan fingerprint density at radius 3 is 2.38 bits per heavy atom. The zero-order valence-electron chi connectivity index (χ0n) is 21.0. The third-order valence-electron chi connectivity index (χ3n) is 8.17. The van der Waals surface area contributed by atoms with Crippen LogP contribution in [0.3, 0.4) is 0 Å². The molecule has 0 aromatic carbocycles. The van der Waals surface area contributed by atoms with Crippen molar-refractivity contribution < 1.29 is 28.6 Å². The lowest BCUT2D eigenvalue weighted by Crippen LogP contribution is -2.60. The van der Waals surface area contributed by atoms with Crippen molar-refractivity contribution in [3.05, 3.63) is 22.1 Å². The number of rotatable bonds is 10. The Bertz CT molecular complexity index is 1260. The van der Waals surface area contributed by atoms with E-state index >= 15 is 0 Å². The summed E-state index contributed by atoms with van der Waals surface area (Å²) in [6.45, 7) is -0.348. The average molecular weight is 517 g/mol. The minimum absolute atomic E-state index is 0.154. The van der Waals surface area contributed by atoms with Crippen LogP contribution in [0.25, 0.3) is 11.0 Å². The van der Waals surface area contributed by atoms with Gasteiger partial charge < -0.3 is 19.7 Å². The number of pyridine rings is 1. The molecule has 0 aliphatic heterocycles. The summed E-state index contributed by atoms with van der Waals surface area (Å²) in [6, 6.07) is 0. The van der Waals surface area contributed by atoms with Crippen LogP contribution in [0.15, 0.2) is 11.0 Å². The SMILES string of the molecule is Cn1cc2c(n1)c(OC(=O)CCC(=O)O)c(C(=O)NC13CC4CC(CC(C4)C1)C3)c(=O)n2CCCCF. The van der Waals surface area contributed by atoms with E-state index in [1.54, 1.807) is 13.2 Å². The number of carboxylic acids is 1. The molecule has 0 saturated heterocycles. The highest BCUT2D eigenvalue weighted by Gasteiger charge is 2.52. The Kier molecular flexibility index (Phi) is 6.80. The fraction of sp³-hybridized carbons (Fsp3) is 0.654. The van der Waals surface area contributed by atoms with Crippen LogP contribution in [0, 0.1) is 17.8 Å². The molecule has 4 aliphatic rings. The van der Waals surface area contributed by atoms with Gasteiger partial charge in [0, 0.05) is 25.3 Å². The zero-order chi connectivity index (χ0) is 26.3. The Morgan fingerprint density at radius 1 is 1.14 bits per heavy atom. The first-order valence-electron chi connectivity index (χ1n) is 13.1. The molecule has 200 valence electrons. The second-order valence-electron chi connectivity index (χ2n) is 11.1. The van der Waals surface area contributed by atoms with Gasteiger partial charge in [-0.3, -0.25) is 28.3 Å². The Morgan fingerprint density at radius 2 is 1.78 bits per heavy atom. The highest BCUT2D eigenvalue weighted by Crippen LogP contribution is 2.55. The number of carbonyl (C=O) groups excluding carboxylic acids is 2. The summed E-state index contributed by atoms with van der Waals surface area (Å²) in [5.41, 5.74) is -0.824. The summed E-state index contributed by atoms with van der Waals surface area (Å²) in [5.74, 6) is -1.20. The third kappa shape index (κ3) is 5.00. The predicted octanol–water partition coefficient (Wildman–Crippen LogP) is 2.95. The minimum atomic E-state index is -1.16. The number of amides is 1. The van der Waals surface area contributed by atoms with Crippen molar-refractivity contribution in [1.82, 2.24) is 19.7 Å². The molecule has 10 nitrogen and oxygen atoms in total. The van der Waals surface area contributed by atoms with Crippen LogP contribution in [0.2, 0.25) is 0 Å². The standard InChI is InChI=1S/C26H33FN4O6/c1-30-14-18-22(29-30)23(37-20(34)5-4-19(32)33)21(25(36)31(18)7-3-2-6-27)24(35)28-26-11-15-8-16(12-26)10-17(9-15)13-26/h14-17H,2-13H2,1H3,(H,28,35)(H,32,33). The largest absolute Gasteiger partial charge is 0.481 e. The fourth-order valence-electron chi connectivity index (χ4n) is 7.12. The number of nitrogens with zero attached hydrogens (tertiary/aromatic N) is 3. The molecule has 2 N–H and O–H groups in total. The van der Waals surface area contributed by atoms with Crippen LogP contribution < -0.4 is 15.6 Å². The van der Waals surface area contributed by atoms with Gasteiger partial charge in [-0.25, -0.2) is 0 Å². The number of aryl methyl sites for hydroxylation is 2. The summed E-state index contributed by atoms with van der Waals surface area (Å²) in [7, 11) is 1.64. The number of halogens is 1. The first-order chi connectivity index (χ1) is 17.7. The summed E-state index contributed by atoms with van der Waals surface area (Å²) in [4.78, 5) is 51.1. The van der Waals surface area contributed by atoms with Crippen molar-refractivity contribution in [3.63, 3.8) is 0 Å². The number of hydrogen-bond donors (Lipinski definition) is 2. The highest BCUT2D eigenvalue weighted by molar-refractivity contribution is 6.03. The van der Waals surface area contributed by atoms with E-state index in [9.17, 15) is 23.6 Å². The molecule has 4 bridgehead atoms. The van der Waals surface area contributed by atoms with Crippen LogP contribution in [-0.2, 0) is 23.2 Å². The molecule has 0 radical (unpaired) electrons. The number of aliphatic carboxylic acids is 1. The van der Waals surface area contributed by atoms with Gasteiger partial charge in [0.25, 0.3) is 11.5 Å². The summed E-state index contributed by atoms with van der Waals surface area (Å²) < 4.78 is 21.2. The molecule has 0 unspecified atom stereocenters. The predicted molar refractivity (Wildman–Crippen MR) is 131 cm³/mol. The maximum Gasteiger partial charge on any atom is 0.311 e. The number of hydrogen-bond acceptors (Lipinski definition) is 6. The molecular weight excluding hydrogens is 483 g/mol. The lowest BCUT2D eigenvalue weighted by atomic mass is 9.53. The average Bonchev–Trinajstić information content (AvgIpc) is 3.20. The monoisotopic (exact) mass is 516 g/mol. The second-order valence-corrected chi connectivity index (χ2v) is 11.1. The normalized spacial score (nSPS) is 25.9. The maximum absolute atomic E-state index is 13.8. The van der Waals surface area contributed by atoms with Crippen molar-refractivity contribution in [2.24, 2.45) is 24.8 Å². The van der Waals surface area contributed by atoms with Crippen molar-refractivity contribution in [3.8, 4) is 5.75 Å². The molecule has 2 aromatic rings. The van der Waals surface area contributed by atoms with Crippen LogP contribution in [0.4, 0.5) is 4.39 Å². The van der Waals surface area contributed by atoms with Gasteiger partial charge in [0.15, 0.2) is 11.3 Å². The van der Waals surface area contributed by atoms with E-state index in [2.05, 4.69) is 10.4 Å². The van der Waals surface area contributed by atoms with Gasteiger partial charge >= 0.3 is 11.9 Å². The highest BCUT2D eigenvalue weighted by atomic mass is 19.1. The third-order valence-corrected chi connectivity index (χ3v) is 8.17. The van der Waals surface area contributed by atoms with Crippen LogP contribution in [0.1, 0.15) is 74.6 Å². The maximum atomic E-state index is 13.8. The number of nitrogens with one attached hydrogen (secondary N) is 1. The van der Waals surface area contributed by atoms with E-state index < -0.39 is 42.9 Å². The van der Waals surface area contributed by atoms with E-state index in [1.165, 1.54) is 28.5 Å². The molecule has 0 atom stereocenters. The van der Waals surface area contributed by atoms with Crippen molar-refractivity contribution in [2.45, 2.75) is 76.3 Å². The summed E-state index contributed by atoms with van der Waals surface area (Å²) >= 11 is 0. The Balaban J connectivity index is 1.55. The number of carbonyl (C=O) groups is 3. The molecule has 6 rings (SSSR count). The van der Waals surface area contributed by atoms with Gasteiger partial charge in [-0.2, -0.15) is 5.10 Å². The zero-order valence-corrected chi connectivity index (χ0v) is 21.0. The van der Waals surface area contributed by atoms with Gasteiger partial charge in [-0.1, -0.05) is 0 Å². The van der Waals surface area contributed by atoms with E-state index in [4.69, 9.17) is 9.84 Å². The van der Waals surface area contributed by atoms with Crippen molar-refractivity contribution in [2.75, 3.05) is 6.67 Å². The van der Waals surface area contributed by atoms with E-state index in [0.717, 1.165) is 19.3 Å². The van der Waals surface area contributed by atoms with Crippen LogP contribution >= 0.6 is 0 Å². The molecular formula is C26H33FN4O6. The van der Waals surface area contributed by atoms with Crippen LogP contribution in [-0.4, -0.2) is 49.5 Å². The topological polar surface area (TPSA) is 133 Å². The summed E-state index contributed by atoms with van der Waals surface area (Å²) in [5, 5.41) is 16.5. The fourth-order valence-corrected chi connectivity index (χ4v) is 7.12. The molecule has 11 heteroatoms. The van der Waals surface area contributed by atoms with Gasteiger partial charge in [0.05, 0.1) is 25.0 Å². The second kappa shape index (κ2) is 9.90. The lowest BCUT2D eigenvalue weighted by Gasteiger charge is -2.56. The number of esters is 1. The van der Waals surface area contributed by atoms with E-state index in [0.29, 0.717) is 29.7 Å². The molecule has 2 aromatic heterocycles. The van der Waals surface area contributed by atoms with Crippen molar-refractivity contribution in [1.29, 1.82) is 0 Å². The number of carboxylic acid groups (broad SMARTS) is 1. The Hall–Kier alpha value is -3.24. The number of aromatic nitrogens is 3. The minimum Gasteiger partial charge on any atom is -0.481 e. The molecule has 37 heavy (non-hydrogen) atoms. The van der Waals surface area contributed by atoms with E-state index in [-0.39, 0.29) is 35.3 Å². The van der Waals surface area contributed by atoms with Gasteiger partial charge in [-0.15, -0.1) is 0 Å². The number of unbranched alkanes of at least 4 members (excludes halogenated alkanes) is 1. The van der Waals surface area contributed by atoms with Crippen molar-refractivity contribution >= 4 is 28.9 Å². The smallest absolute Gasteiger partial charge is 0.311 e. The first-order valence-corrected chi connectivity index (χ1v) is 13.1. The molecule has 4 aliphatic carbocycles. The molecule has 0 spiro atoms. The lowest BCUT2D eigenvalue weighted by molar-refractivity contribution is -0.142. The number of ether oxygens (including phenoxy) is 1. The van der Waals surface area contributed by atoms with Crippen LogP contribution in [0.5, 0.6) is 5.75 Å². The van der Waals surface area contributed by atoms with E-state index in [1.807, 2.05) is 0 Å². The molecule has 1 amide bonds.